The molecule has 8 fully saturated rings. The van der Waals surface area contributed by atoms with Crippen LogP contribution in [-0.2, 0) is 28.7 Å². The molecular formula is C55H83N3O6. The minimum Gasteiger partial charge on any atom is -0.465 e. The molecule has 0 spiro atoms. The van der Waals surface area contributed by atoms with E-state index in [1.54, 1.807) is 0 Å². The topological polar surface area (TPSA) is 124 Å². The third-order valence-corrected chi connectivity index (χ3v) is 22.2. The second-order valence-electron chi connectivity index (χ2n) is 24.6. The predicted molar refractivity (Wildman–Crippen MR) is 251 cm³/mol. The van der Waals surface area contributed by atoms with Crippen LogP contribution >= 0.6 is 0 Å². The third kappa shape index (κ3) is 8.27. The summed E-state index contributed by atoms with van der Waals surface area (Å²) < 4.78 is 10.9. The van der Waals surface area contributed by atoms with Crippen LogP contribution in [0.5, 0.6) is 0 Å². The fraction of sp³-hybridized carbons (Fsp3) is 0.836. The Morgan fingerprint density at radius 2 is 1.00 bits per heavy atom. The summed E-state index contributed by atoms with van der Waals surface area (Å²) in [6.45, 7) is 16.4. The molecule has 2 amide bonds. The van der Waals surface area contributed by atoms with E-state index in [1.807, 2.05) is 18.2 Å². The molecule has 8 saturated carbocycles. The van der Waals surface area contributed by atoms with Gasteiger partial charge in [-0.15, -0.1) is 0 Å². The lowest BCUT2D eigenvalue weighted by atomic mass is 9.44. The molecule has 1 aromatic rings. The number of nitrogens with one attached hydrogen (secondary N) is 2. The molecule has 354 valence electrons. The van der Waals surface area contributed by atoms with Gasteiger partial charge in [-0.2, -0.15) is 0 Å². The first-order chi connectivity index (χ1) is 30.7. The van der Waals surface area contributed by atoms with Gasteiger partial charge in [-0.05, 0) is 233 Å². The Bertz CT molecular complexity index is 1750. The number of carbonyl (C=O) groups excluding carboxylic acids is 4. The lowest BCUT2D eigenvalue weighted by Gasteiger charge is -2.61. The molecule has 9 rings (SSSR count). The van der Waals surface area contributed by atoms with Crippen molar-refractivity contribution in [2.24, 2.45) is 92.7 Å². The number of ether oxygens (including phenoxy) is 2. The normalized spacial score (nSPS) is 44.2. The number of nitrogens with zero attached hydrogens (tertiary/aromatic N) is 1. The number of pyridine rings is 1. The van der Waals surface area contributed by atoms with Gasteiger partial charge in [0.2, 0.25) is 11.8 Å². The van der Waals surface area contributed by atoms with Gasteiger partial charge in [0.1, 0.15) is 23.8 Å². The van der Waals surface area contributed by atoms with Gasteiger partial charge >= 0.3 is 0 Å². The van der Waals surface area contributed by atoms with E-state index in [9.17, 15) is 19.2 Å². The maximum Gasteiger partial charge on any atom is 0.293 e. The highest BCUT2D eigenvalue weighted by atomic mass is 16.5. The van der Waals surface area contributed by atoms with Gasteiger partial charge in [-0.1, -0.05) is 47.6 Å². The number of rotatable bonds is 14. The first kappa shape index (κ1) is 46.2. The summed E-state index contributed by atoms with van der Waals surface area (Å²) in [5, 5.41) is 6.12. The van der Waals surface area contributed by atoms with Crippen molar-refractivity contribution < 1.29 is 28.7 Å². The van der Waals surface area contributed by atoms with Crippen molar-refractivity contribution in [1.29, 1.82) is 0 Å². The highest BCUT2D eigenvalue weighted by Gasteiger charge is 2.62. The molecule has 9 heteroatoms. The smallest absolute Gasteiger partial charge is 0.293 e. The molecule has 1 aromatic heterocycles. The lowest BCUT2D eigenvalue weighted by Crippen LogP contribution is -2.54. The molecule has 64 heavy (non-hydrogen) atoms. The quantitative estimate of drug-likeness (QED) is 0.178. The van der Waals surface area contributed by atoms with Crippen LogP contribution in [0.2, 0.25) is 0 Å². The molecule has 0 saturated heterocycles. The minimum absolute atomic E-state index is 0.00316. The zero-order valence-electron chi connectivity index (χ0n) is 40.4. The molecule has 0 bridgehead atoms. The zero-order chi connectivity index (χ0) is 45.0. The van der Waals surface area contributed by atoms with Crippen LogP contribution in [0.1, 0.15) is 183 Å². The van der Waals surface area contributed by atoms with E-state index in [1.165, 1.54) is 89.9 Å². The van der Waals surface area contributed by atoms with Crippen LogP contribution in [0, 0.1) is 92.7 Å². The van der Waals surface area contributed by atoms with Crippen molar-refractivity contribution in [2.75, 3.05) is 10.6 Å². The number of anilines is 2. The zero-order valence-corrected chi connectivity index (χ0v) is 40.4. The van der Waals surface area contributed by atoms with Crippen LogP contribution < -0.4 is 10.6 Å². The Morgan fingerprint density at radius 1 is 0.594 bits per heavy atom. The van der Waals surface area contributed by atoms with E-state index in [2.05, 4.69) is 57.2 Å². The molecule has 18 atom stereocenters. The molecular weight excluding hydrogens is 799 g/mol. The Labute approximate surface area is 385 Å². The molecule has 0 aliphatic heterocycles. The van der Waals surface area contributed by atoms with E-state index >= 15 is 0 Å². The highest BCUT2D eigenvalue weighted by Crippen LogP contribution is 2.70. The number of fused-ring (bicyclic) bond motifs is 10. The molecule has 8 aliphatic carbocycles. The van der Waals surface area contributed by atoms with Gasteiger partial charge in [-0.25, -0.2) is 4.98 Å². The Hall–Kier alpha value is -2.97. The van der Waals surface area contributed by atoms with Crippen molar-refractivity contribution in [2.45, 2.75) is 195 Å². The van der Waals surface area contributed by atoms with Crippen molar-refractivity contribution in [3.05, 3.63) is 18.2 Å². The van der Waals surface area contributed by atoms with Crippen molar-refractivity contribution >= 4 is 36.4 Å². The van der Waals surface area contributed by atoms with Crippen molar-refractivity contribution in [3.8, 4) is 0 Å². The van der Waals surface area contributed by atoms with Gasteiger partial charge in [0, 0.05) is 12.8 Å². The Morgan fingerprint density at radius 3 is 1.42 bits per heavy atom. The second-order valence-corrected chi connectivity index (χ2v) is 24.6. The maximum absolute atomic E-state index is 13.4. The minimum atomic E-state index is -0.00316. The first-order valence-electron chi connectivity index (χ1n) is 26.4. The van der Waals surface area contributed by atoms with E-state index in [0.717, 1.165) is 74.0 Å². The van der Waals surface area contributed by atoms with E-state index in [4.69, 9.17) is 9.47 Å². The Kier molecular flexibility index (Phi) is 13.2. The van der Waals surface area contributed by atoms with E-state index < -0.39 is 0 Å². The van der Waals surface area contributed by atoms with Crippen LogP contribution in [0.4, 0.5) is 11.6 Å². The van der Waals surface area contributed by atoms with Gasteiger partial charge in [-0.3, -0.25) is 19.2 Å². The summed E-state index contributed by atoms with van der Waals surface area (Å²) in [5.41, 5.74) is 1.43. The number of amides is 2. The van der Waals surface area contributed by atoms with Gasteiger partial charge in [0.25, 0.3) is 12.9 Å². The van der Waals surface area contributed by atoms with Gasteiger partial charge in [0.05, 0.1) is 0 Å². The van der Waals surface area contributed by atoms with Crippen molar-refractivity contribution in [3.63, 3.8) is 0 Å². The average Bonchev–Trinajstić information content (AvgIpc) is 3.82. The predicted octanol–water partition coefficient (Wildman–Crippen LogP) is 12.2. The number of carbonyl (C=O) groups is 4. The molecule has 1 heterocycles. The molecule has 2 N–H and O–H groups in total. The highest BCUT2D eigenvalue weighted by molar-refractivity contribution is 5.92. The Balaban J connectivity index is 0.723. The van der Waals surface area contributed by atoms with Crippen LogP contribution in [0.3, 0.4) is 0 Å². The summed E-state index contributed by atoms with van der Waals surface area (Å²) in [5.74, 6) is 9.29. The number of aromatic nitrogens is 1. The lowest BCUT2D eigenvalue weighted by molar-refractivity contribution is -0.151. The number of hydrogen-bond acceptors (Lipinski definition) is 7. The summed E-state index contributed by atoms with van der Waals surface area (Å²) in [6.07, 6.45) is 25.0. The number of hydrogen-bond donors (Lipinski definition) is 2. The summed E-state index contributed by atoms with van der Waals surface area (Å²) in [6, 6.07) is 5.51. The third-order valence-electron chi connectivity index (χ3n) is 22.2. The van der Waals surface area contributed by atoms with Crippen LogP contribution in [-0.4, -0.2) is 42.0 Å². The standard InChI is InChI=1S/C55H83N3O6/c1-34(42-16-18-44-40-14-12-36-30-38(63-32-59)22-26-52(36,3)46(40)24-28-54(42,44)5)10-20-50(61)57-48-8-7-9-49(56-48)58-51(62)21-11-35(2)43-17-19-45-41-15-13-37-31-39(64-33-60)23-27-53(37,4)47(41)25-29-55(43,45)6/h7-9,32-47H,10-31H2,1-6H3,(H2,56,57,58,61,62)/t34-,35-,36-,37-,38-,39-,40+,41+,42-,43-,44+,45+,46+,47+,52+,53+,54-,55-/m1/s1. The van der Waals surface area contributed by atoms with Crippen LogP contribution in [0.15, 0.2) is 18.2 Å². The summed E-state index contributed by atoms with van der Waals surface area (Å²) >= 11 is 0. The fourth-order valence-corrected chi connectivity index (χ4v) is 18.9. The van der Waals surface area contributed by atoms with E-state index in [-0.39, 0.29) is 24.0 Å². The molecule has 0 unspecified atom stereocenters. The van der Waals surface area contributed by atoms with Crippen molar-refractivity contribution in [1.82, 2.24) is 4.98 Å². The monoisotopic (exact) mass is 882 g/mol. The average molecular weight is 882 g/mol. The largest absolute Gasteiger partial charge is 0.465 e. The summed E-state index contributed by atoms with van der Waals surface area (Å²) in [7, 11) is 0. The molecule has 8 aliphatic rings. The second kappa shape index (κ2) is 18.3. The van der Waals surface area contributed by atoms with Gasteiger partial charge < -0.3 is 20.1 Å². The summed E-state index contributed by atoms with van der Waals surface area (Å²) in [4.78, 5) is 53.6. The fourth-order valence-electron chi connectivity index (χ4n) is 18.9. The first-order valence-corrected chi connectivity index (χ1v) is 26.4. The van der Waals surface area contributed by atoms with Gasteiger partial charge in [0.15, 0.2) is 0 Å². The molecule has 0 aromatic carbocycles. The van der Waals surface area contributed by atoms with Crippen LogP contribution in [0.25, 0.3) is 0 Å². The maximum atomic E-state index is 13.4. The molecule has 0 radical (unpaired) electrons. The molecule has 9 nitrogen and oxygen atoms in total. The van der Waals surface area contributed by atoms with E-state index in [0.29, 0.717) is 94.6 Å². The SMILES string of the molecule is C[C@H](CCC(=O)Nc1cccc(NC(=O)CC[C@@H](C)[C@H]2CC[C@H]3[C@@H]4CC[C@@H]5C[C@H](OC=O)CC[C@]5(C)[C@H]4CC[C@]23C)n1)[C@H]1CC[C@H]2[C@@H]3CC[C@@H]4C[C@H](OC=O)CC[C@]4(C)[C@H]3CC[C@]12C.